The Morgan fingerprint density at radius 1 is 1.24 bits per heavy atom. The topological polar surface area (TPSA) is 98.8 Å². The summed E-state index contributed by atoms with van der Waals surface area (Å²) in [5.74, 6) is 4.35. The summed E-state index contributed by atoms with van der Waals surface area (Å²) >= 11 is 0. The van der Waals surface area contributed by atoms with Crippen LogP contribution in [0.4, 0.5) is 18.9 Å². The molecular weight excluding hydrogens is 291 g/mol. The molecule has 0 aliphatic rings. The van der Waals surface area contributed by atoms with E-state index in [0.717, 1.165) is 17.0 Å². The van der Waals surface area contributed by atoms with Gasteiger partial charge in [0.15, 0.2) is 0 Å². The molecule has 1 aromatic rings. The molecule has 0 saturated carbocycles. The van der Waals surface area contributed by atoms with Gasteiger partial charge in [-0.1, -0.05) is 6.07 Å². The van der Waals surface area contributed by atoms with E-state index in [1.807, 2.05) is 5.43 Å². The van der Waals surface area contributed by atoms with Crippen LogP contribution in [0.15, 0.2) is 18.2 Å². The molecule has 1 rings (SSSR count). The van der Waals surface area contributed by atoms with Gasteiger partial charge >= 0.3 is 6.18 Å². The zero-order valence-electron chi connectivity index (χ0n) is 11.0. The summed E-state index contributed by atoms with van der Waals surface area (Å²) in [4.78, 5) is 13.3. The van der Waals surface area contributed by atoms with E-state index in [4.69, 9.17) is 16.1 Å². The van der Waals surface area contributed by atoms with Gasteiger partial charge in [-0.05, 0) is 12.1 Å². The number of nitrogen functional groups attached to an aromatic ring is 1. The number of rotatable bonds is 6. The van der Waals surface area contributed by atoms with E-state index in [1.165, 1.54) is 6.07 Å². The van der Waals surface area contributed by atoms with Crippen molar-refractivity contribution in [3.05, 3.63) is 29.3 Å². The number of hydrogen-bond acceptors (Lipinski definition) is 5. The van der Waals surface area contributed by atoms with Crippen molar-refractivity contribution >= 4 is 11.6 Å². The van der Waals surface area contributed by atoms with Crippen molar-refractivity contribution in [2.24, 2.45) is 5.84 Å². The Labute approximate surface area is 118 Å². The standard InChI is InChI=1S/C12H16F3N3O3/c13-12(14,15)9-3-1-2-8(10(9)17-16)11(21)18(4-6-19)5-7-20/h1-3,17,19-20H,4-7,16H2. The molecule has 0 aliphatic carbocycles. The maximum absolute atomic E-state index is 12.9. The van der Waals surface area contributed by atoms with Crippen molar-refractivity contribution in [1.82, 2.24) is 4.90 Å². The summed E-state index contributed by atoms with van der Waals surface area (Å²) in [6, 6.07) is 3.08. The number of carbonyl (C=O) groups excluding carboxylic acids is 1. The summed E-state index contributed by atoms with van der Waals surface area (Å²) in [6.07, 6.45) is -4.67. The molecule has 0 spiro atoms. The van der Waals surface area contributed by atoms with E-state index >= 15 is 0 Å². The minimum atomic E-state index is -4.67. The first kappa shape index (κ1) is 17.2. The molecule has 0 fully saturated rings. The number of carbonyl (C=O) groups is 1. The number of aliphatic hydroxyl groups is 2. The lowest BCUT2D eigenvalue weighted by Crippen LogP contribution is -2.36. The first-order valence-electron chi connectivity index (χ1n) is 6.04. The lowest BCUT2D eigenvalue weighted by Gasteiger charge is -2.23. The van der Waals surface area contributed by atoms with E-state index in [0.29, 0.717) is 0 Å². The Morgan fingerprint density at radius 2 is 1.81 bits per heavy atom. The molecule has 6 nitrogen and oxygen atoms in total. The number of nitrogens with zero attached hydrogens (tertiary/aromatic N) is 1. The fourth-order valence-electron chi connectivity index (χ4n) is 1.85. The number of amides is 1. The third-order valence-electron chi connectivity index (χ3n) is 2.77. The molecule has 0 saturated heterocycles. The number of anilines is 1. The second-order valence-corrected chi connectivity index (χ2v) is 4.11. The molecule has 1 amide bonds. The average Bonchev–Trinajstić information content (AvgIpc) is 2.44. The summed E-state index contributed by atoms with van der Waals surface area (Å²) in [5, 5.41) is 17.7. The van der Waals surface area contributed by atoms with Crippen LogP contribution >= 0.6 is 0 Å². The van der Waals surface area contributed by atoms with Crippen LogP contribution in [0.3, 0.4) is 0 Å². The lowest BCUT2D eigenvalue weighted by atomic mass is 10.1. The molecule has 0 aliphatic heterocycles. The Morgan fingerprint density at radius 3 is 2.24 bits per heavy atom. The largest absolute Gasteiger partial charge is 0.418 e. The Balaban J connectivity index is 3.26. The highest BCUT2D eigenvalue weighted by Gasteiger charge is 2.35. The van der Waals surface area contributed by atoms with Gasteiger partial charge in [-0.15, -0.1) is 0 Å². The molecule has 0 atom stereocenters. The summed E-state index contributed by atoms with van der Waals surface area (Å²) in [5.41, 5.74) is 0.00369. The van der Waals surface area contributed by atoms with E-state index in [9.17, 15) is 18.0 Å². The van der Waals surface area contributed by atoms with Gasteiger partial charge in [0.2, 0.25) is 0 Å². The van der Waals surface area contributed by atoms with Gasteiger partial charge < -0.3 is 20.5 Å². The number of para-hydroxylation sites is 1. The van der Waals surface area contributed by atoms with Gasteiger partial charge in [-0.3, -0.25) is 10.6 Å². The number of aliphatic hydroxyl groups excluding tert-OH is 2. The van der Waals surface area contributed by atoms with E-state index < -0.39 is 23.3 Å². The lowest BCUT2D eigenvalue weighted by molar-refractivity contribution is -0.137. The Hall–Kier alpha value is -1.84. The smallest absolute Gasteiger partial charge is 0.395 e. The first-order valence-corrected chi connectivity index (χ1v) is 6.04. The molecule has 0 radical (unpaired) electrons. The monoisotopic (exact) mass is 307 g/mol. The zero-order chi connectivity index (χ0) is 16.0. The van der Waals surface area contributed by atoms with Crippen LogP contribution in [0, 0.1) is 0 Å². The number of nitrogens with one attached hydrogen (secondary N) is 1. The highest BCUT2D eigenvalue weighted by molar-refractivity contribution is 6.00. The molecule has 0 unspecified atom stereocenters. The molecule has 0 heterocycles. The predicted molar refractivity (Wildman–Crippen MR) is 69.3 cm³/mol. The minimum Gasteiger partial charge on any atom is -0.395 e. The van der Waals surface area contributed by atoms with Crippen molar-refractivity contribution in [3.8, 4) is 0 Å². The molecular formula is C12H16F3N3O3. The van der Waals surface area contributed by atoms with Crippen LogP contribution in [0.5, 0.6) is 0 Å². The number of hydrogen-bond donors (Lipinski definition) is 4. The highest BCUT2D eigenvalue weighted by Crippen LogP contribution is 2.36. The van der Waals surface area contributed by atoms with Crippen molar-refractivity contribution in [2.45, 2.75) is 6.18 Å². The minimum absolute atomic E-state index is 0.111. The van der Waals surface area contributed by atoms with Crippen LogP contribution < -0.4 is 11.3 Å². The number of halogens is 3. The molecule has 5 N–H and O–H groups in total. The van der Waals surface area contributed by atoms with Crippen LogP contribution in [0.25, 0.3) is 0 Å². The average molecular weight is 307 g/mol. The van der Waals surface area contributed by atoms with E-state index in [2.05, 4.69) is 0 Å². The first-order chi connectivity index (χ1) is 9.86. The summed E-state index contributed by atoms with van der Waals surface area (Å²) in [7, 11) is 0. The van der Waals surface area contributed by atoms with Crippen molar-refractivity contribution in [3.63, 3.8) is 0 Å². The molecule has 21 heavy (non-hydrogen) atoms. The Bertz CT molecular complexity index is 488. The number of nitrogens with two attached hydrogens (primary N) is 1. The quantitative estimate of drug-likeness (QED) is 0.451. The second kappa shape index (κ2) is 7.25. The molecule has 0 bridgehead atoms. The SMILES string of the molecule is NNc1c(C(=O)N(CCO)CCO)cccc1C(F)(F)F. The van der Waals surface area contributed by atoms with Gasteiger partial charge in [0, 0.05) is 13.1 Å². The molecule has 118 valence electrons. The van der Waals surface area contributed by atoms with Crippen molar-refractivity contribution < 1.29 is 28.2 Å². The van der Waals surface area contributed by atoms with Crippen LogP contribution in [-0.4, -0.2) is 47.3 Å². The third-order valence-corrected chi connectivity index (χ3v) is 2.77. The summed E-state index contributed by atoms with van der Waals surface area (Å²) in [6.45, 7) is -0.981. The van der Waals surface area contributed by atoms with Gasteiger partial charge in [0.25, 0.3) is 5.91 Å². The molecule has 0 aromatic heterocycles. The van der Waals surface area contributed by atoms with E-state index in [-0.39, 0.29) is 31.9 Å². The van der Waals surface area contributed by atoms with Gasteiger partial charge in [0.05, 0.1) is 30.0 Å². The van der Waals surface area contributed by atoms with Gasteiger partial charge in [-0.25, -0.2) is 0 Å². The van der Waals surface area contributed by atoms with Gasteiger partial charge in [0.1, 0.15) is 0 Å². The van der Waals surface area contributed by atoms with Crippen molar-refractivity contribution in [1.29, 1.82) is 0 Å². The fourth-order valence-corrected chi connectivity index (χ4v) is 1.85. The number of benzene rings is 1. The third kappa shape index (κ3) is 4.06. The van der Waals surface area contributed by atoms with Crippen LogP contribution in [0.1, 0.15) is 15.9 Å². The van der Waals surface area contributed by atoms with E-state index in [1.54, 1.807) is 0 Å². The predicted octanol–water partition coefficient (Wildman–Crippen LogP) is 0.418. The van der Waals surface area contributed by atoms with Crippen molar-refractivity contribution in [2.75, 3.05) is 31.7 Å². The maximum Gasteiger partial charge on any atom is 0.418 e. The molecule has 9 heteroatoms. The van der Waals surface area contributed by atoms with Crippen LogP contribution in [0.2, 0.25) is 0 Å². The number of alkyl halides is 3. The highest BCUT2D eigenvalue weighted by atomic mass is 19.4. The van der Waals surface area contributed by atoms with Crippen LogP contribution in [-0.2, 0) is 6.18 Å². The Kier molecular flexibility index (Phi) is 5.94. The maximum atomic E-state index is 12.9. The second-order valence-electron chi connectivity index (χ2n) is 4.11. The zero-order valence-corrected chi connectivity index (χ0v) is 11.0. The normalized spacial score (nSPS) is 11.3. The molecule has 1 aromatic carbocycles. The fraction of sp³-hybridized carbons (Fsp3) is 0.417. The summed E-state index contributed by atoms with van der Waals surface area (Å²) < 4.78 is 38.6. The number of hydrazine groups is 1. The van der Waals surface area contributed by atoms with Gasteiger partial charge in [-0.2, -0.15) is 13.2 Å².